The van der Waals surface area contributed by atoms with Gasteiger partial charge in [0.25, 0.3) is 5.91 Å². The number of amides is 1. The molecule has 4 rings (SSSR count). The Morgan fingerprint density at radius 1 is 1.07 bits per heavy atom. The number of pyridine rings is 1. The minimum Gasteiger partial charge on any atom is -0.492 e. The Morgan fingerprint density at radius 2 is 1.96 bits per heavy atom. The molecular weight excluding hydrogens is 338 g/mol. The zero-order valence-corrected chi connectivity index (χ0v) is 15.7. The van der Waals surface area contributed by atoms with Gasteiger partial charge in [-0.05, 0) is 50.1 Å². The maximum Gasteiger partial charge on any atom is 0.255 e. The van der Waals surface area contributed by atoms with Crippen LogP contribution in [0.2, 0.25) is 0 Å². The smallest absolute Gasteiger partial charge is 0.255 e. The van der Waals surface area contributed by atoms with Gasteiger partial charge < -0.3 is 9.64 Å². The number of benzene rings is 1. The van der Waals surface area contributed by atoms with Crippen LogP contribution in [0.4, 0.5) is 0 Å². The standard InChI is InChI=1S/C22H27N3O2/c26-21(19-6-4-11-23-16-19)25-13-10-22(18-25)9-5-12-24(17-22)14-15-27-20-7-2-1-3-8-20/h1-4,6-8,11,16H,5,9-10,12-15,17-18H2. The normalized spacial score (nSPS) is 22.9. The number of piperidine rings is 1. The molecule has 2 fully saturated rings. The maximum absolute atomic E-state index is 12.7. The van der Waals surface area contributed by atoms with Crippen molar-refractivity contribution in [2.24, 2.45) is 5.41 Å². The van der Waals surface area contributed by atoms with Crippen molar-refractivity contribution in [1.29, 1.82) is 0 Å². The van der Waals surface area contributed by atoms with Crippen molar-refractivity contribution >= 4 is 5.91 Å². The van der Waals surface area contributed by atoms with Crippen LogP contribution in [0.15, 0.2) is 54.9 Å². The largest absolute Gasteiger partial charge is 0.492 e. The molecule has 27 heavy (non-hydrogen) atoms. The monoisotopic (exact) mass is 365 g/mol. The molecule has 1 unspecified atom stereocenters. The van der Waals surface area contributed by atoms with E-state index in [2.05, 4.69) is 9.88 Å². The third kappa shape index (κ3) is 4.30. The number of ether oxygens (including phenoxy) is 1. The Kier molecular flexibility index (Phi) is 5.39. The van der Waals surface area contributed by atoms with Crippen LogP contribution >= 0.6 is 0 Å². The second-order valence-electron chi connectivity index (χ2n) is 7.76. The van der Waals surface area contributed by atoms with Crippen LogP contribution in [0.5, 0.6) is 5.75 Å². The van der Waals surface area contributed by atoms with Gasteiger partial charge in [-0.1, -0.05) is 18.2 Å². The second-order valence-corrected chi connectivity index (χ2v) is 7.76. The van der Waals surface area contributed by atoms with E-state index < -0.39 is 0 Å². The van der Waals surface area contributed by atoms with Crippen molar-refractivity contribution < 1.29 is 9.53 Å². The molecule has 3 heterocycles. The summed E-state index contributed by atoms with van der Waals surface area (Å²) in [5, 5.41) is 0. The molecule has 5 heteroatoms. The molecule has 1 spiro atoms. The summed E-state index contributed by atoms with van der Waals surface area (Å²) in [6, 6.07) is 13.7. The SMILES string of the molecule is O=C(c1cccnc1)N1CCC2(CCCN(CCOc3ccccc3)C2)C1. The van der Waals surface area contributed by atoms with Gasteiger partial charge in [0.1, 0.15) is 12.4 Å². The molecule has 2 aromatic rings. The molecular formula is C22H27N3O2. The first-order chi connectivity index (χ1) is 13.2. The summed E-state index contributed by atoms with van der Waals surface area (Å²) in [5.74, 6) is 1.04. The quantitative estimate of drug-likeness (QED) is 0.817. The topological polar surface area (TPSA) is 45.7 Å². The Hall–Kier alpha value is -2.40. The summed E-state index contributed by atoms with van der Waals surface area (Å²) in [7, 11) is 0. The van der Waals surface area contributed by atoms with E-state index in [0.29, 0.717) is 12.2 Å². The number of rotatable bonds is 5. The second kappa shape index (κ2) is 8.09. The van der Waals surface area contributed by atoms with Crippen LogP contribution < -0.4 is 4.74 Å². The highest BCUT2D eigenvalue weighted by Gasteiger charge is 2.42. The molecule has 1 aromatic carbocycles. The molecule has 0 bridgehead atoms. The fraction of sp³-hybridized carbons (Fsp3) is 0.455. The highest BCUT2D eigenvalue weighted by Crippen LogP contribution is 2.39. The lowest BCUT2D eigenvalue weighted by Crippen LogP contribution is -2.46. The molecule has 0 aliphatic carbocycles. The zero-order chi connectivity index (χ0) is 18.5. The Bertz CT molecular complexity index is 753. The number of carbonyl (C=O) groups excluding carboxylic acids is 1. The van der Waals surface area contributed by atoms with Crippen molar-refractivity contribution in [3.63, 3.8) is 0 Å². The minimum absolute atomic E-state index is 0.115. The Morgan fingerprint density at radius 3 is 2.78 bits per heavy atom. The van der Waals surface area contributed by atoms with Crippen LogP contribution in [0.1, 0.15) is 29.6 Å². The lowest BCUT2D eigenvalue weighted by atomic mass is 9.79. The molecule has 2 aliphatic rings. The van der Waals surface area contributed by atoms with Crippen molar-refractivity contribution in [2.45, 2.75) is 19.3 Å². The molecule has 2 saturated heterocycles. The maximum atomic E-state index is 12.7. The van der Waals surface area contributed by atoms with E-state index in [1.54, 1.807) is 12.4 Å². The first kappa shape index (κ1) is 18.0. The molecule has 1 atom stereocenters. The van der Waals surface area contributed by atoms with E-state index in [1.807, 2.05) is 47.4 Å². The van der Waals surface area contributed by atoms with Gasteiger partial charge >= 0.3 is 0 Å². The first-order valence-electron chi connectivity index (χ1n) is 9.84. The highest BCUT2D eigenvalue weighted by molar-refractivity contribution is 5.94. The predicted octanol–water partition coefficient (Wildman–Crippen LogP) is 3.09. The van der Waals surface area contributed by atoms with Crippen molar-refractivity contribution in [1.82, 2.24) is 14.8 Å². The molecule has 0 radical (unpaired) electrons. The number of hydrogen-bond acceptors (Lipinski definition) is 4. The summed E-state index contributed by atoms with van der Waals surface area (Å²) in [5.41, 5.74) is 0.932. The van der Waals surface area contributed by atoms with Crippen molar-refractivity contribution in [3.8, 4) is 5.75 Å². The van der Waals surface area contributed by atoms with Gasteiger partial charge in [-0.2, -0.15) is 0 Å². The summed E-state index contributed by atoms with van der Waals surface area (Å²) >= 11 is 0. The minimum atomic E-state index is 0.115. The van der Waals surface area contributed by atoms with Gasteiger partial charge in [0, 0.05) is 44.0 Å². The fourth-order valence-corrected chi connectivity index (χ4v) is 4.42. The third-order valence-electron chi connectivity index (χ3n) is 5.79. The van der Waals surface area contributed by atoms with E-state index in [-0.39, 0.29) is 11.3 Å². The molecule has 142 valence electrons. The van der Waals surface area contributed by atoms with Crippen molar-refractivity contribution in [3.05, 3.63) is 60.4 Å². The lowest BCUT2D eigenvalue weighted by molar-refractivity contribution is 0.0658. The van der Waals surface area contributed by atoms with Gasteiger partial charge in [-0.25, -0.2) is 0 Å². The number of hydrogen-bond donors (Lipinski definition) is 0. The van der Waals surface area contributed by atoms with Gasteiger partial charge in [0.05, 0.1) is 5.56 Å². The van der Waals surface area contributed by atoms with Crippen LogP contribution in [-0.2, 0) is 0 Å². The van der Waals surface area contributed by atoms with Gasteiger partial charge in [-0.3, -0.25) is 14.7 Å². The first-order valence-corrected chi connectivity index (χ1v) is 9.84. The number of likely N-dealkylation sites (tertiary alicyclic amines) is 2. The van der Waals surface area contributed by atoms with Crippen LogP contribution in [0.25, 0.3) is 0 Å². The van der Waals surface area contributed by atoms with Gasteiger partial charge in [0.15, 0.2) is 0 Å². The molecule has 2 aliphatic heterocycles. The Labute approximate surface area is 161 Å². The summed E-state index contributed by atoms with van der Waals surface area (Å²) < 4.78 is 5.86. The molecule has 1 aromatic heterocycles. The summed E-state index contributed by atoms with van der Waals surface area (Å²) in [6.07, 6.45) is 6.87. The van der Waals surface area contributed by atoms with E-state index in [1.165, 1.54) is 12.8 Å². The summed E-state index contributed by atoms with van der Waals surface area (Å²) in [4.78, 5) is 21.3. The molecule has 0 saturated carbocycles. The van der Waals surface area contributed by atoms with Crippen LogP contribution in [0.3, 0.4) is 0 Å². The lowest BCUT2D eigenvalue weighted by Gasteiger charge is -2.40. The molecule has 5 nitrogen and oxygen atoms in total. The summed E-state index contributed by atoms with van der Waals surface area (Å²) in [6.45, 7) is 5.53. The number of para-hydroxylation sites is 1. The average Bonchev–Trinajstić information content (AvgIpc) is 3.12. The predicted molar refractivity (Wildman–Crippen MR) is 105 cm³/mol. The molecule has 1 amide bonds. The number of nitrogens with zero attached hydrogens (tertiary/aromatic N) is 3. The highest BCUT2D eigenvalue weighted by atomic mass is 16.5. The van der Waals surface area contributed by atoms with Gasteiger partial charge in [0.2, 0.25) is 0 Å². The van der Waals surface area contributed by atoms with Crippen molar-refractivity contribution in [2.75, 3.05) is 39.3 Å². The van der Waals surface area contributed by atoms with Gasteiger partial charge in [-0.15, -0.1) is 0 Å². The van der Waals surface area contributed by atoms with E-state index in [4.69, 9.17) is 4.74 Å². The number of carbonyl (C=O) groups is 1. The Balaban J connectivity index is 1.30. The third-order valence-corrected chi connectivity index (χ3v) is 5.79. The van der Waals surface area contributed by atoms with Crippen LogP contribution in [0, 0.1) is 5.41 Å². The van der Waals surface area contributed by atoms with E-state index >= 15 is 0 Å². The van der Waals surface area contributed by atoms with Crippen LogP contribution in [-0.4, -0.2) is 60.0 Å². The average molecular weight is 365 g/mol. The molecule has 0 N–H and O–H groups in total. The fourth-order valence-electron chi connectivity index (χ4n) is 4.42. The zero-order valence-electron chi connectivity index (χ0n) is 15.7. The van der Waals surface area contributed by atoms with E-state index in [0.717, 1.165) is 44.9 Å². The van der Waals surface area contributed by atoms with E-state index in [9.17, 15) is 4.79 Å². The number of aromatic nitrogens is 1.